The largest absolute Gasteiger partial charge is 0.492 e. The summed E-state index contributed by atoms with van der Waals surface area (Å²) in [5, 5.41) is 9.05. The predicted molar refractivity (Wildman–Crippen MR) is 58.8 cm³/mol. The quantitative estimate of drug-likeness (QED) is 0.709. The zero-order valence-corrected chi connectivity index (χ0v) is 9.31. The van der Waals surface area contributed by atoms with E-state index in [-0.39, 0.29) is 6.61 Å². The molecule has 15 heavy (non-hydrogen) atoms. The van der Waals surface area contributed by atoms with Crippen LogP contribution in [-0.2, 0) is 6.61 Å². The van der Waals surface area contributed by atoms with E-state index in [1.165, 1.54) is 0 Å². The Kier molecular flexibility index (Phi) is 5.07. The Morgan fingerprint density at radius 3 is 2.93 bits per heavy atom. The lowest BCUT2D eigenvalue weighted by molar-refractivity contribution is 0.253. The minimum Gasteiger partial charge on any atom is -0.492 e. The molecule has 84 valence electrons. The average molecular weight is 210 g/mol. The summed E-state index contributed by atoms with van der Waals surface area (Å²) >= 11 is 0. The molecule has 0 atom stereocenters. The van der Waals surface area contributed by atoms with Crippen LogP contribution in [-0.4, -0.2) is 42.2 Å². The highest BCUT2D eigenvalue weighted by molar-refractivity contribution is 5.28. The van der Waals surface area contributed by atoms with Gasteiger partial charge in [0.1, 0.15) is 5.75 Å². The fourth-order valence-corrected chi connectivity index (χ4v) is 1.23. The summed E-state index contributed by atoms with van der Waals surface area (Å²) < 4.78 is 5.53. The molecule has 1 heterocycles. The highest BCUT2D eigenvalue weighted by atomic mass is 16.5. The fraction of sp³-hybridized carbons (Fsp3) is 0.545. The molecule has 0 saturated carbocycles. The average Bonchev–Trinajstić information content (AvgIpc) is 2.24. The summed E-state index contributed by atoms with van der Waals surface area (Å²) in [5.41, 5.74) is 0.787. The third-order valence-corrected chi connectivity index (χ3v) is 2.05. The number of ether oxygens (including phenoxy) is 1. The van der Waals surface area contributed by atoms with E-state index in [0.29, 0.717) is 12.4 Å². The molecular formula is C11H18N2O2. The van der Waals surface area contributed by atoms with Gasteiger partial charge < -0.3 is 14.7 Å². The first-order valence-corrected chi connectivity index (χ1v) is 5.05. The van der Waals surface area contributed by atoms with Gasteiger partial charge in [0.25, 0.3) is 0 Å². The third-order valence-electron chi connectivity index (χ3n) is 2.05. The lowest BCUT2D eigenvalue weighted by Crippen LogP contribution is -2.15. The Morgan fingerprint density at radius 2 is 2.27 bits per heavy atom. The summed E-state index contributed by atoms with van der Waals surface area (Å²) in [6.45, 7) is 1.64. The molecule has 0 spiro atoms. The van der Waals surface area contributed by atoms with Gasteiger partial charge in [-0.3, -0.25) is 4.98 Å². The number of aliphatic hydroxyl groups excluding tert-OH is 1. The zero-order chi connectivity index (χ0) is 11.1. The van der Waals surface area contributed by atoms with Crippen molar-refractivity contribution in [2.75, 3.05) is 27.2 Å². The van der Waals surface area contributed by atoms with Crippen molar-refractivity contribution in [2.24, 2.45) is 0 Å². The van der Waals surface area contributed by atoms with Gasteiger partial charge in [0.15, 0.2) is 0 Å². The number of aromatic nitrogens is 1. The Hall–Kier alpha value is -1.13. The maximum atomic E-state index is 9.05. The van der Waals surface area contributed by atoms with E-state index in [2.05, 4.69) is 9.88 Å². The highest BCUT2D eigenvalue weighted by Crippen LogP contribution is 2.15. The summed E-state index contributed by atoms with van der Waals surface area (Å²) in [6, 6.07) is 1.77. The van der Waals surface area contributed by atoms with Gasteiger partial charge in [0, 0.05) is 18.3 Å². The molecule has 0 radical (unpaired) electrons. The van der Waals surface area contributed by atoms with Crippen LogP contribution in [0.2, 0.25) is 0 Å². The van der Waals surface area contributed by atoms with E-state index >= 15 is 0 Å². The van der Waals surface area contributed by atoms with Gasteiger partial charge in [0.2, 0.25) is 0 Å². The molecular weight excluding hydrogens is 192 g/mol. The Morgan fingerprint density at radius 1 is 1.47 bits per heavy atom. The predicted octanol–water partition coefficient (Wildman–Crippen LogP) is 0.904. The van der Waals surface area contributed by atoms with E-state index in [9.17, 15) is 0 Å². The first-order valence-electron chi connectivity index (χ1n) is 5.05. The molecule has 0 saturated heterocycles. The molecule has 4 nitrogen and oxygen atoms in total. The molecule has 4 heteroatoms. The van der Waals surface area contributed by atoms with Crippen molar-refractivity contribution in [1.82, 2.24) is 9.88 Å². The summed E-state index contributed by atoms with van der Waals surface area (Å²) in [7, 11) is 4.06. The van der Waals surface area contributed by atoms with Crippen LogP contribution in [0.4, 0.5) is 0 Å². The lowest BCUT2D eigenvalue weighted by atomic mass is 10.2. The molecule has 1 N–H and O–H groups in total. The van der Waals surface area contributed by atoms with Crippen LogP contribution in [0.1, 0.15) is 12.0 Å². The number of nitrogens with zero attached hydrogens (tertiary/aromatic N) is 2. The summed E-state index contributed by atoms with van der Waals surface area (Å²) in [6.07, 6.45) is 4.26. The van der Waals surface area contributed by atoms with Crippen molar-refractivity contribution in [3.63, 3.8) is 0 Å². The second kappa shape index (κ2) is 6.37. The van der Waals surface area contributed by atoms with Gasteiger partial charge >= 0.3 is 0 Å². The van der Waals surface area contributed by atoms with Crippen LogP contribution in [0.5, 0.6) is 5.75 Å². The van der Waals surface area contributed by atoms with Gasteiger partial charge in [-0.05, 0) is 26.6 Å². The van der Waals surface area contributed by atoms with Gasteiger partial charge in [-0.2, -0.15) is 0 Å². The zero-order valence-electron chi connectivity index (χ0n) is 9.31. The number of pyridine rings is 1. The van der Waals surface area contributed by atoms with Crippen LogP contribution in [0.15, 0.2) is 18.5 Å². The molecule has 0 aliphatic carbocycles. The SMILES string of the molecule is CN(C)CCCOc1cnccc1CO. The number of aliphatic hydroxyl groups is 1. The molecule has 0 bridgehead atoms. The molecule has 0 aromatic carbocycles. The van der Waals surface area contributed by atoms with Crippen LogP contribution >= 0.6 is 0 Å². The molecule has 0 aliphatic rings. The van der Waals surface area contributed by atoms with Crippen LogP contribution < -0.4 is 4.74 Å². The van der Waals surface area contributed by atoms with E-state index in [1.807, 2.05) is 14.1 Å². The molecule has 0 amide bonds. The smallest absolute Gasteiger partial charge is 0.143 e. The molecule has 1 rings (SSSR count). The summed E-state index contributed by atoms with van der Waals surface area (Å²) in [4.78, 5) is 6.07. The number of rotatable bonds is 6. The maximum absolute atomic E-state index is 9.05. The van der Waals surface area contributed by atoms with Crippen molar-refractivity contribution < 1.29 is 9.84 Å². The summed E-state index contributed by atoms with van der Waals surface area (Å²) in [5.74, 6) is 0.679. The van der Waals surface area contributed by atoms with E-state index in [4.69, 9.17) is 9.84 Å². The number of hydrogen-bond donors (Lipinski definition) is 1. The first kappa shape index (κ1) is 11.9. The van der Waals surface area contributed by atoms with E-state index in [0.717, 1.165) is 18.5 Å². The second-order valence-corrected chi connectivity index (χ2v) is 3.65. The van der Waals surface area contributed by atoms with Gasteiger partial charge in [-0.25, -0.2) is 0 Å². The normalized spacial score (nSPS) is 10.7. The van der Waals surface area contributed by atoms with Crippen molar-refractivity contribution in [3.8, 4) is 5.75 Å². The molecule has 0 fully saturated rings. The Labute approximate surface area is 90.5 Å². The van der Waals surface area contributed by atoms with Crippen molar-refractivity contribution in [2.45, 2.75) is 13.0 Å². The van der Waals surface area contributed by atoms with Crippen molar-refractivity contribution in [3.05, 3.63) is 24.0 Å². The van der Waals surface area contributed by atoms with E-state index in [1.54, 1.807) is 18.5 Å². The molecule has 0 aliphatic heterocycles. The number of hydrogen-bond acceptors (Lipinski definition) is 4. The maximum Gasteiger partial charge on any atom is 0.143 e. The minimum atomic E-state index is -0.00840. The third kappa shape index (κ3) is 4.27. The highest BCUT2D eigenvalue weighted by Gasteiger charge is 2.01. The monoisotopic (exact) mass is 210 g/mol. The molecule has 1 aromatic rings. The van der Waals surface area contributed by atoms with Crippen molar-refractivity contribution in [1.29, 1.82) is 0 Å². The second-order valence-electron chi connectivity index (χ2n) is 3.65. The molecule has 1 aromatic heterocycles. The Bertz CT molecular complexity index is 290. The topological polar surface area (TPSA) is 45.6 Å². The molecule has 0 unspecified atom stereocenters. The van der Waals surface area contributed by atoms with Gasteiger partial charge in [0.05, 0.1) is 19.4 Å². The fourth-order valence-electron chi connectivity index (χ4n) is 1.23. The van der Waals surface area contributed by atoms with Crippen LogP contribution in [0, 0.1) is 0 Å². The first-order chi connectivity index (χ1) is 7.24. The van der Waals surface area contributed by atoms with E-state index < -0.39 is 0 Å². The van der Waals surface area contributed by atoms with Gasteiger partial charge in [-0.1, -0.05) is 0 Å². The minimum absolute atomic E-state index is 0.00840. The van der Waals surface area contributed by atoms with Crippen LogP contribution in [0.25, 0.3) is 0 Å². The van der Waals surface area contributed by atoms with Crippen LogP contribution in [0.3, 0.4) is 0 Å². The lowest BCUT2D eigenvalue weighted by Gasteiger charge is -2.11. The standard InChI is InChI=1S/C11H18N2O2/c1-13(2)6-3-7-15-11-8-12-5-4-10(11)9-14/h4-5,8,14H,3,6-7,9H2,1-2H3. The van der Waals surface area contributed by atoms with Crippen molar-refractivity contribution >= 4 is 0 Å². The Balaban J connectivity index is 2.36. The van der Waals surface area contributed by atoms with Gasteiger partial charge in [-0.15, -0.1) is 0 Å².